The number of amides is 1. The largest absolute Gasteiger partial charge is 0.486 e. The summed E-state index contributed by atoms with van der Waals surface area (Å²) >= 11 is 0. The van der Waals surface area contributed by atoms with E-state index in [-0.39, 0.29) is 24.0 Å². The van der Waals surface area contributed by atoms with Crippen LogP contribution >= 0.6 is 0 Å². The number of hydrogen-bond donors (Lipinski definition) is 0. The van der Waals surface area contributed by atoms with Crippen molar-refractivity contribution in [2.24, 2.45) is 0 Å². The zero-order valence-electron chi connectivity index (χ0n) is 16.4. The average molecular weight is 386 g/mol. The van der Waals surface area contributed by atoms with E-state index in [9.17, 15) is 9.18 Å². The molecule has 0 aliphatic heterocycles. The van der Waals surface area contributed by atoms with Crippen molar-refractivity contribution in [3.8, 4) is 5.75 Å². The number of ether oxygens (including phenoxy) is 1. The van der Waals surface area contributed by atoms with Crippen molar-refractivity contribution in [2.75, 3.05) is 7.05 Å². The minimum Gasteiger partial charge on any atom is -0.486 e. The van der Waals surface area contributed by atoms with Crippen LogP contribution in [0.25, 0.3) is 0 Å². The molecule has 8 heteroatoms. The van der Waals surface area contributed by atoms with E-state index in [1.807, 2.05) is 18.5 Å². The molecular weight excluding hydrogens is 363 g/mol. The van der Waals surface area contributed by atoms with Gasteiger partial charge in [-0.05, 0) is 32.9 Å². The maximum Gasteiger partial charge on any atom is 0.276 e. The fourth-order valence-corrected chi connectivity index (χ4v) is 2.91. The van der Waals surface area contributed by atoms with Crippen LogP contribution in [0.2, 0.25) is 0 Å². The number of nitrogens with zero attached hydrogens (tertiary/aromatic N) is 4. The predicted octanol–water partition coefficient (Wildman–Crippen LogP) is 3.50. The van der Waals surface area contributed by atoms with E-state index in [4.69, 9.17) is 9.26 Å². The number of carbonyl (C=O) groups excluding carboxylic acids is 1. The van der Waals surface area contributed by atoms with E-state index in [2.05, 4.69) is 10.3 Å². The van der Waals surface area contributed by atoms with Crippen molar-refractivity contribution >= 4 is 5.91 Å². The van der Waals surface area contributed by atoms with E-state index in [1.54, 1.807) is 37.2 Å². The van der Waals surface area contributed by atoms with Gasteiger partial charge in [-0.3, -0.25) is 9.48 Å². The highest BCUT2D eigenvalue weighted by Gasteiger charge is 2.24. The fourth-order valence-electron chi connectivity index (χ4n) is 2.91. The molecule has 28 heavy (non-hydrogen) atoms. The number of benzene rings is 1. The summed E-state index contributed by atoms with van der Waals surface area (Å²) < 4.78 is 26.4. The zero-order valence-corrected chi connectivity index (χ0v) is 16.4. The Morgan fingerprint density at radius 3 is 2.75 bits per heavy atom. The first-order chi connectivity index (χ1) is 13.4. The lowest BCUT2D eigenvalue weighted by atomic mass is 10.1. The summed E-state index contributed by atoms with van der Waals surface area (Å²) in [6.07, 6.45) is 1.76. The third-order valence-electron chi connectivity index (χ3n) is 4.65. The first kappa shape index (κ1) is 19.6. The van der Waals surface area contributed by atoms with Gasteiger partial charge in [0.25, 0.3) is 5.91 Å². The maximum absolute atomic E-state index is 13.8. The van der Waals surface area contributed by atoms with E-state index in [0.717, 1.165) is 17.8 Å². The van der Waals surface area contributed by atoms with Crippen molar-refractivity contribution in [3.05, 3.63) is 64.6 Å². The van der Waals surface area contributed by atoms with Gasteiger partial charge in [-0.1, -0.05) is 17.3 Å². The fraction of sp³-hybridized carbons (Fsp3) is 0.350. The first-order valence-electron chi connectivity index (χ1n) is 9.01. The number of rotatable bonds is 7. The smallest absolute Gasteiger partial charge is 0.276 e. The highest BCUT2D eigenvalue weighted by atomic mass is 19.1. The molecule has 3 rings (SSSR count). The Kier molecular flexibility index (Phi) is 5.77. The van der Waals surface area contributed by atoms with E-state index in [1.165, 1.54) is 12.1 Å². The Bertz CT molecular complexity index is 980. The van der Waals surface area contributed by atoms with E-state index in [0.29, 0.717) is 17.9 Å². The molecule has 0 atom stereocenters. The summed E-state index contributed by atoms with van der Waals surface area (Å²) in [7, 11) is 1.69. The summed E-state index contributed by atoms with van der Waals surface area (Å²) in [5.74, 6) is -0.196. The van der Waals surface area contributed by atoms with Crippen LogP contribution in [0.3, 0.4) is 0 Å². The van der Waals surface area contributed by atoms with Crippen LogP contribution < -0.4 is 4.74 Å². The summed E-state index contributed by atoms with van der Waals surface area (Å²) in [5.41, 5.74) is 2.64. The van der Waals surface area contributed by atoms with Gasteiger partial charge >= 0.3 is 0 Å². The molecule has 148 valence electrons. The Labute approximate surface area is 162 Å². The van der Waals surface area contributed by atoms with Gasteiger partial charge in [0, 0.05) is 31.4 Å². The van der Waals surface area contributed by atoms with Gasteiger partial charge in [-0.25, -0.2) is 4.39 Å². The zero-order chi connectivity index (χ0) is 20.3. The quantitative estimate of drug-likeness (QED) is 0.621. The highest BCUT2D eigenvalue weighted by Crippen LogP contribution is 2.21. The van der Waals surface area contributed by atoms with Crippen molar-refractivity contribution in [1.29, 1.82) is 0 Å². The number of aromatic nitrogens is 3. The van der Waals surface area contributed by atoms with Gasteiger partial charge in [0.15, 0.2) is 17.3 Å². The van der Waals surface area contributed by atoms with Gasteiger partial charge in [-0.15, -0.1) is 0 Å². The third-order valence-corrected chi connectivity index (χ3v) is 4.65. The minimum absolute atomic E-state index is 0.0159. The van der Waals surface area contributed by atoms with E-state index < -0.39 is 5.82 Å². The molecule has 2 aromatic heterocycles. The lowest BCUT2D eigenvalue weighted by Crippen LogP contribution is -2.28. The Balaban J connectivity index is 1.75. The van der Waals surface area contributed by atoms with Crippen molar-refractivity contribution in [1.82, 2.24) is 19.8 Å². The molecule has 2 heterocycles. The molecule has 0 aliphatic carbocycles. The Morgan fingerprint density at radius 2 is 2.07 bits per heavy atom. The maximum atomic E-state index is 13.8. The van der Waals surface area contributed by atoms with Gasteiger partial charge in [0.2, 0.25) is 0 Å². The van der Waals surface area contributed by atoms with E-state index >= 15 is 0 Å². The van der Waals surface area contributed by atoms with Crippen molar-refractivity contribution in [2.45, 2.75) is 40.5 Å². The second kappa shape index (κ2) is 8.24. The molecule has 0 saturated heterocycles. The van der Waals surface area contributed by atoms with Crippen LogP contribution in [0, 0.1) is 19.7 Å². The third kappa shape index (κ3) is 3.90. The average Bonchev–Trinajstić information content (AvgIpc) is 3.23. The van der Waals surface area contributed by atoms with Gasteiger partial charge in [-0.2, -0.15) is 5.10 Å². The summed E-state index contributed by atoms with van der Waals surface area (Å²) in [4.78, 5) is 14.4. The molecule has 0 saturated carbocycles. The highest BCUT2D eigenvalue weighted by molar-refractivity contribution is 5.93. The second-order valence-corrected chi connectivity index (χ2v) is 6.52. The van der Waals surface area contributed by atoms with Gasteiger partial charge in [0.1, 0.15) is 12.4 Å². The molecule has 0 fully saturated rings. The molecular formula is C20H23FN4O3. The van der Waals surface area contributed by atoms with Crippen LogP contribution in [0.5, 0.6) is 5.75 Å². The lowest BCUT2D eigenvalue weighted by Gasteiger charge is -2.16. The van der Waals surface area contributed by atoms with Gasteiger partial charge < -0.3 is 14.2 Å². The molecule has 3 aromatic rings. The molecule has 1 aromatic carbocycles. The minimum atomic E-state index is -0.468. The molecule has 0 aliphatic rings. The summed E-state index contributed by atoms with van der Waals surface area (Å²) in [6.45, 7) is 6.82. The van der Waals surface area contributed by atoms with Crippen molar-refractivity contribution < 1.29 is 18.4 Å². The number of hydrogen-bond acceptors (Lipinski definition) is 5. The van der Waals surface area contributed by atoms with Crippen LogP contribution in [0.4, 0.5) is 4.39 Å². The molecule has 0 unspecified atom stereocenters. The lowest BCUT2D eigenvalue weighted by molar-refractivity contribution is 0.0772. The first-order valence-corrected chi connectivity index (χ1v) is 9.01. The number of halogens is 1. The Morgan fingerprint density at radius 1 is 1.32 bits per heavy atom. The molecule has 0 N–H and O–H groups in total. The molecule has 1 amide bonds. The molecule has 7 nitrogen and oxygen atoms in total. The second-order valence-electron chi connectivity index (χ2n) is 6.52. The van der Waals surface area contributed by atoms with Crippen LogP contribution in [0.1, 0.15) is 40.0 Å². The number of carbonyl (C=O) groups is 1. The van der Waals surface area contributed by atoms with Gasteiger partial charge in [0.05, 0.1) is 11.8 Å². The predicted molar refractivity (Wildman–Crippen MR) is 100 cm³/mol. The molecule has 0 spiro atoms. The topological polar surface area (TPSA) is 73.4 Å². The molecule has 0 bridgehead atoms. The van der Waals surface area contributed by atoms with Crippen LogP contribution in [-0.4, -0.2) is 32.8 Å². The number of aryl methyl sites for hydroxylation is 2. The van der Waals surface area contributed by atoms with Crippen LogP contribution in [0.15, 0.2) is 35.0 Å². The summed E-state index contributed by atoms with van der Waals surface area (Å²) in [5, 5.41) is 8.20. The normalized spacial score (nSPS) is 10.9. The molecule has 0 radical (unpaired) electrons. The monoisotopic (exact) mass is 386 g/mol. The number of para-hydroxylation sites is 1. The SMILES string of the molecule is CCn1ncc(CN(C)C(=O)c2noc(C)c2COc2ccccc2F)c1C. The summed E-state index contributed by atoms with van der Waals surface area (Å²) in [6, 6.07) is 6.10. The standard InChI is InChI=1S/C20H23FN4O3/c1-5-25-13(2)15(10-22-25)11-24(4)20(26)19-16(14(3)28-23-19)12-27-18-9-7-6-8-17(18)21/h6-10H,5,11-12H2,1-4H3. The van der Waals surface area contributed by atoms with Crippen molar-refractivity contribution in [3.63, 3.8) is 0 Å². The Hall–Kier alpha value is -3.16. The van der Waals surface area contributed by atoms with Crippen LogP contribution in [-0.2, 0) is 19.7 Å².